The number of halogens is 3. The van der Waals surface area contributed by atoms with E-state index in [4.69, 9.17) is 0 Å². The highest BCUT2D eigenvalue weighted by atomic mass is 19.4. The molecule has 1 nitrogen and oxygen atoms in total. The van der Waals surface area contributed by atoms with Crippen LogP contribution in [0.3, 0.4) is 0 Å². The summed E-state index contributed by atoms with van der Waals surface area (Å²) in [6, 6.07) is 10.4. The van der Waals surface area contributed by atoms with Crippen LogP contribution in [0.15, 0.2) is 30.3 Å². The molecule has 1 aliphatic carbocycles. The molecule has 0 heterocycles. The molecule has 0 aromatic heterocycles. The van der Waals surface area contributed by atoms with E-state index in [-0.39, 0.29) is 24.9 Å². The van der Waals surface area contributed by atoms with E-state index in [9.17, 15) is 13.2 Å². The highest BCUT2D eigenvalue weighted by Gasteiger charge is 2.41. The molecule has 1 saturated carbocycles. The van der Waals surface area contributed by atoms with Gasteiger partial charge < -0.3 is 5.32 Å². The van der Waals surface area contributed by atoms with E-state index in [2.05, 4.69) is 12.2 Å². The summed E-state index contributed by atoms with van der Waals surface area (Å²) in [6.45, 7) is 2.06. The van der Waals surface area contributed by atoms with Gasteiger partial charge in [0.15, 0.2) is 0 Å². The van der Waals surface area contributed by atoms with E-state index >= 15 is 0 Å². The zero-order valence-electron chi connectivity index (χ0n) is 11.1. The minimum absolute atomic E-state index is 0.189. The van der Waals surface area contributed by atoms with Crippen LogP contribution in [0.5, 0.6) is 0 Å². The molecule has 0 spiro atoms. The zero-order valence-corrected chi connectivity index (χ0v) is 11.1. The van der Waals surface area contributed by atoms with Crippen LogP contribution >= 0.6 is 0 Å². The van der Waals surface area contributed by atoms with Gasteiger partial charge in [0.2, 0.25) is 0 Å². The zero-order chi connectivity index (χ0) is 13.9. The Bertz CT molecular complexity index is 380. The van der Waals surface area contributed by atoms with Crippen LogP contribution in [0.2, 0.25) is 0 Å². The number of hydrogen-bond acceptors (Lipinski definition) is 1. The molecule has 4 heteroatoms. The van der Waals surface area contributed by atoms with Crippen molar-refractivity contribution in [1.82, 2.24) is 5.32 Å². The van der Waals surface area contributed by atoms with Gasteiger partial charge in [-0.3, -0.25) is 0 Å². The van der Waals surface area contributed by atoms with Gasteiger partial charge in [-0.15, -0.1) is 0 Å². The van der Waals surface area contributed by atoms with Crippen molar-refractivity contribution in [3.05, 3.63) is 35.9 Å². The Kier molecular flexibility index (Phi) is 4.50. The molecule has 2 rings (SSSR count). The van der Waals surface area contributed by atoms with Gasteiger partial charge in [-0.1, -0.05) is 30.3 Å². The second-order valence-corrected chi connectivity index (χ2v) is 5.39. The van der Waals surface area contributed by atoms with E-state index in [0.29, 0.717) is 12.8 Å². The van der Waals surface area contributed by atoms with Crippen molar-refractivity contribution in [2.75, 3.05) is 0 Å². The SMILES string of the molecule is C[C@H](NC1CCC(C(F)(F)F)CC1)c1ccccc1. The molecule has 1 aromatic rings. The van der Waals surface area contributed by atoms with E-state index in [0.717, 1.165) is 0 Å². The first-order valence-electron chi connectivity index (χ1n) is 6.84. The third-order valence-electron chi connectivity index (χ3n) is 3.98. The fourth-order valence-electron chi connectivity index (χ4n) is 2.78. The second-order valence-electron chi connectivity index (χ2n) is 5.39. The van der Waals surface area contributed by atoms with Crippen LogP contribution < -0.4 is 5.32 Å². The summed E-state index contributed by atoms with van der Waals surface area (Å²) < 4.78 is 37.7. The van der Waals surface area contributed by atoms with Gasteiger partial charge in [0.05, 0.1) is 5.92 Å². The summed E-state index contributed by atoms with van der Waals surface area (Å²) >= 11 is 0. The molecule has 0 unspecified atom stereocenters. The van der Waals surface area contributed by atoms with Gasteiger partial charge in [0.1, 0.15) is 0 Å². The molecule has 1 aromatic carbocycles. The minimum atomic E-state index is -4.02. The monoisotopic (exact) mass is 271 g/mol. The minimum Gasteiger partial charge on any atom is -0.307 e. The summed E-state index contributed by atoms with van der Waals surface area (Å²) in [5, 5.41) is 3.44. The molecule has 1 aliphatic rings. The maximum absolute atomic E-state index is 12.6. The lowest BCUT2D eigenvalue weighted by molar-refractivity contribution is -0.182. The van der Waals surface area contributed by atoms with Crippen LogP contribution in [0, 0.1) is 5.92 Å². The molecule has 0 bridgehead atoms. The largest absolute Gasteiger partial charge is 0.391 e. The topological polar surface area (TPSA) is 12.0 Å². The van der Waals surface area contributed by atoms with Crippen LogP contribution in [0.1, 0.15) is 44.2 Å². The average Bonchev–Trinajstić information content (AvgIpc) is 2.39. The van der Waals surface area contributed by atoms with Crippen molar-refractivity contribution in [3.8, 4) is 0 Å². The number of rotatable bonds is 3. The predicted octanol–water partition coefficient (Wildman–Crippen LogP) is 4.46. The summed E-state index contributed by atoms with van der Waals surface area (Å²) in [4.78, 5) is 0. The van der Waals surface area contributed by atoms with Gasteiger partial charge in [-0.25, -0.2) is 0 Å². The lowest BCUT2D eigenvalue weighted by Gasteiger charge is -2.32. The third-order valence-corrected chi connectivity index (χ3v) is 3.98. The van der Waals surface area contributed by atoms with E-state index < -0.39 is 12.1 Å². The Labute approximate surface area is 112 Å². The van der Waals surface area contributed by atoms with Crippen LogP contribution in [-0.4, -0.2) is 12.2 Å². The fraction of sp³-hybridized carbons (Fsp3) is 0.600. The van der Waals surface area contributed by atoms with E-state index in [1.807, 2.05) is 30.3 Å². The molecule has 0 saturated heterocycles. The Hall–Kier alpha value is -1.03. The van der Waals surface area contributed by atoms with Crippen molar-refractivity contribution in [3.63, 3.8) is 0 Å². The standard InChI is InChI=1S/C15H20F3N/c1-11(12-5-3-2-4-6-12)19-14-9-7-13(8-10-14)15(16,17)18/h2-6,11,13-14,19H,7-10H2,1H3/t11-,13?,14?/m0/s1. The molecule has 1 atom stereocenters. The molecule has 106 valence electrons. The highest BCUT2D eigenvalue weighted by Crippen LogP contribution is 2.37. The number of benzene rings is 1. The Balaban J connectivity index is 1.83. The predicted molar refractivity (Wildman–Crippen MR) is 69.8 cm³/mol. The van der Waals surface area contributed by atoms with Crippen molar-refractivity contribution < 1.29 is 13.2 Å². The molecular weight excluding hydrogens is 251 g/mol. The number of alkyl halides is 3. The maximum Gasteiger partial charge on any atom is 0.391 e. The molecule has 19 heavy (non-hydrogen) atoms. The molecule has 0 amide bonds. The average molecular weight is 271 g/mol. The number of hydrogen-bond donors (Lipinski definition) is 1. The maximum atomic E-state index is 12.6. The van der Waals surface area contributed by atoms with Gasteiger partial charge in [-0.2, -0.15) is 13.2 Å². The van der Waals surface area contributed by atoms with Crippen molar-refractivity contribution in [1.29, 1.82) is 0 Å². The first-order valence-corrected chi connectivity index (χ1v) is 6.84. The molecule has 0 radical (unpaired) electrons. The van der Waals surface area contributed by atoms with Crippen LogP contribution in [0.25, 0.3) is 0 Å². The first kappa shape index (κ1) is 14.4. The van der Waals surface area contributed by atoms with Crippen molar-refractivity contribution in [2.24, 2.45) is 5.92 Å². The summed E-state index contributed by atoms with van der Waals surface area (Å²) in [7, 11) is 0. The van der Waals surface area contributed by atoms with Crippen molar-refractivity contribution in [2.45, 2.75) is 50.9 Å². The third kappa shape index (κ3) is 3.96. The quantitative estimate of drug-likeness (QED) is 0.856. The van der Waals surface area contributed by atoms with Crippen LogP contribution in [-0.2, 0) is 0 Å². The van der Waals surface area contributed by atoms with Gasteiger partial charge in [0, 0.05) is 12.1 Å². The van der Waals surface area contributed by atoms with E-state index in [1.165, 1.54) is 5.56 Å². The lowest BCUT2D eigenvalue weighted by atomic mass is 9.85. The normalized spacial score (nSPS) is 26.1. The smallest absolute Gasteiger partial charge is 0.307 e. The molecule has 1 N–H and O–H groups in total. The molecule has 0 aliphatic heterocycles. The Morgan fingerprint density at radius 1 is 1.05 bits per heavy atom. The Morgan fingerprint density at radius 2 is 1.63 bits per heavy atom. The van der Waals surface area contributed by atoms with Gasteiger partial charge in [0.25, 0.3) is 0 Å². The molecule has 1 fully saturated rings. The highest BCUT2D eigenvalue weighted by molar-refractivity contribution is 5.18. The van der Waals surface area contributed by atoms with Crippen molar-refractivity contribution >= 4 is 0 Å². The van der Waals surface area contributed by atoms with E-state index in [1.54, 1.807) is 0 Å². The fourth-order valence-corrected chi connectivity index (χ4v) is 2.78. The van der Waals surface area contributed by atoms with Gasteiger partial charge in [-0.05, 0) is 38.2 Å². The second kappa shape index (κ2) is 5.95. The summed E-state index contributed by atoms with van der Waals surface area (Å²) in [5.41, 5.74) is 1.18. The van der Waals surface area contributed by atoms with Gasteiger partial charge >= 0.3 is 6.18 Å². The summed E-state index contributed by atoms with van der Waals surface area (Å²) in [5.74, 6) is -1.10. The Morgan fingerprint density at radius 3 is 2.16 bits per heavy atom. The molecular formula is C15H20F3N. The lowest BCUT2D eigenvalue weighted by Crippen LogP contribution is -2.38. The van der Waals surface area contributed by atoms with Crippen LogP contribution in [0.4, 0.5) is 13.2 Å². The summed E-state index contributed by atoms with van der Waals surface area (Å²) in [6.07, 6.45) is -2.29. The first-order chi connectivity index (χ1) is 8.97. The number of nitrogens with one attached hydrogen (secondary N) is 1.